The summed E-state index contributed by atoms with van der Waals surface area (Å²) in [7, 11) is -2.58. The molecule has 0 atom stereocenters. The number of alkyl halides is 3. The summed E-state index contributed by atoms with van der Waals surface area (Å²) < 4.78 is 64.8. The summed E-state index contributed by atoms with van der Waals surface area (Å²) in [5.41, 5.74) is -2.85. The monoisotopic (exact) mass is 347 g/mol. The van der Waals surface area contributed by atoms with Gasteiger partial charge >= 0.3 is 6.18 Å². The maximum atomic E-state index is 12.7. The molecule has 0 radical (unpaired) electrons. The van der Waals surface area contributed by atoms with Crippen LogP contribution in [0.15, 0.2) is 11.4 Å². The molecule has 0 spiro atoms. The second-order valence-corrected chi connectivity index (χ2v) is 7.10. The predicted molar refractivity (Wildman–Crippen MR) is 67.2 cm³/mol. The molecule has 2 heterocycles. The average Bonchev–Trinajstić information content (AvgIpc) is 2.70. The van der Waals surface area contributed by atoms with Gasteiger partial charge in [-0.1, -0.05) is 11.6 Å². The average molecular weight is 348 g/mol. The first-order valence-electron chi connectivity index (χ1n) is 5.95. The number of rotatable bonds is 2. The van der Waals surface area contributed by atoms with Crippen LogP contribution < -0.4 is 0 Å². The van der Waals surface area contributed by atoms with Gasteiger partial charge in [0.15, 0.2) is 5.60 Å². The lowest BCUT2D eigenvalue weighted by molar-refractivity contribution is -0.270. The van der Waals surface area contributed by atoms with E-state index in [4.69, 9.17) is 11.6 Å². The van der Waals surface area contributed by atoms with Gasteiger partial charge < -0.3 is 9.67 Å². The van der Waals surface area contributed by atoms with E-state index in [0.717, 1.165) is 4.31 Å². The molecular weight excluding hydrogens is 335 g/mol. The van der Waals surface area contributed by atoms with Gasteiger partial charge in [-0.15, -0.1) is 0 Å². The molecule has 0 amide bonds. The Balaban J connectivity index is 2.21. The molecule has 11 heteroatoms. The highest BCUT2D eigenvalue weighted by Crippen LogP contribution is 2.39. The standard InChI is InChI=1S/C10H13ClF3N3O3S/c1-16-6-15-8(7(16)11)21(19,20)17-4-2-9(18,3-5-17)10(12,13)14/h6,18H,2-5H2,1H3. The first-order chi connectivity index (χ1) is 9.49. The zero-order valence-electron chi connectivity index (χ0n) is 10.9. The minimum absolute atomic E-state index is 0.119. The van der Waals surface area contributed by atoms with Crippen molar-refractivity contribution < 1.29 is 26.7 Å². The number of piperidine rings is 1. The molecule has 1 aromatic rings. The Hall–Kier alpha value is -0.840. The molecule has 1 aliphatic heterocycles. The maximum Gasteiger partial charge on any atom is 0.417 e. The van der Waals surface area contributed by atoms with E-state index in [1.54, 1.807) is 0 Å². The largest absolute Gasteiger partial charge is 0.417 e. The van der Waals surface area contributed by atoms with Crippen molar-refractivity contribution >= 4 is 21.6 Å². The lowest BCUT2D eigenvalue weighted by Crippen LogP contribution is -2.54. The first kappa shape index (κ1) is 16.5. The van der Waals surface area contributed by atoms with Gasteiger partial charge in [0.1, 0.15) is 5.15 Å². The summed E-state index contributed by atoms with van der Waals surface area (Å²) in [6.45, 7) is -0.906. The fourth-order valence-electron chi connectivity index (χ4n) is 2.07. The number of aromatic nitrogens is 2. The van der Waals surface area contributed by atoms with Crippen molar-refractivity contribution in [2.45, 2.75) is 29.6 Å². The molecule has 1 aliphatic rings. The molecule has 6 nitrogen and oxygen atoms in total. The van der Waals surface area contributed by atoms with Crippen molar-refractivity contribution in [2.24, 2.45) is 7.05 Å². The van der Waals surface area contributed by atoms with Crippen LogP contribution in [0.4, 0.5) is 13.2 Å². The van der Waals surface area contributed by atoms with Crippen LogP contribution in [-0.2, 0) is 17.1 Å². The van der Waals surface area contributed by atoms with Crippen LogP contribution >= 0.6 is 11.6 Å². The molecule has 120 valence electrons. The number of sulfonamides is 1. The van der Waals surface area contributed by atoms with Crippen LogP contribution in [-0.4, -0.2) is 52.2 Å². The minimum Gasteiger partial charge on any atom is -0.380 e. The summed E-state index contributed by atoms with van der Waals surface area (Å²) in [6, 6.07) is 0. The number of aryl methyl sites for hydroxylation is 1. The Kier molecular flexibility index (Phi) is 4.02. The number of nitrogens with zero attached hydrogens (tertiary/aromatic N) is 3. The van der Waals surface area contributed by atoms with Gasteiger partial charge in [0, 0.05) is 20.1 Å². The molecule has 0 bridgehead atoms. The molecule has 0 saturated carbocycles. The highest BCUT2D eigenvalue weighted by molar-refractivity contribution is 7.89. The van der Waals surface area contributed by atoms with Crippen molar-refractivity contribution in [3.05, 3.63) is 11.5 Å². The van der Waals surface area contributed by atoms with Gasteiger partial charge in [0.2, 0.25) is 5.03 Å². The van der Waals surface area contributed by atoms with Crippen molar-refractivity contribution in [1.29, 1.82) is 0 Å². The third-order valence-electron chi connectivity index (χ3n) is 3.50. The summed E-state index contributed by atoms with van der Waals surface area (Å²) in [5, 5.41) is 9.01. The molecule has 1 N–H and O–H groups in total. The van der Waals surface area contributed by atoms with Crippen LogP contribution in [0.5, 0.6) is 0 Å². The van der Waals surface area contributed by atoms with E-state index in [9.17, 15) is 26.7 Å². The van der Waals surface area contributed by atoms with Gasteiger partial charge in [-0.25, -0.2) is 13.4 Å². The molecule has 2 rings (SSSR count). The zero-order valence-corrected chi connectivity index (χ0v) is 12.5. The van der Waals surface area contributed by atoms with E-state index in [-0.39, 0.29) is 5.15 Å². The van der Waals surface area contributed by atoms with Gasteiger partial charge in [0.05, 0.1) is 6.33 Å². The predicted octanol–water partition coefficient (Wildman–Crippen LogP) is 1.15. The first-order valence-corrected chi connectivity index (χ1v) is 7.77. The summed E-state index contributed by atoms with van der Waals surface area (Å²) in [6.07, 6.45) is -5.03. The maximum absolute atomic E-state index is 12.7. The number of halogens is 4. The third kappa shape index (κ3) is 2.77. The lowest BCUT2D eigenvalue weighted by Gasteiger charge is -2.38. The normalized spacial score (nSPS) is 20.7. The Morgan fingerprint density at radius 1 is 1.38 bits per heavy atom. The number of hydrogen-bond donors (Lipinski definition) is 1. The van der Waals surface area contributed by atoms with Gasteiger partial charge in [-0.05, 0) is 12.8 Å². The Bertz CT molecular complexity index is 636. The highest BCUT2D eigenvalue weighted by Gasteiger charge is 2.55. The summed E-state index contributed by atoms with van der Waals surface area (Å²) in [4.78, 5) is 3.66. The zero-order chi connectivity index (χ0) is 16.1. The van der Waals surface area contributed by atoms with E-state index in [1.165, 1.54) is 17.9 Å². The van der Waals surface area contributed by atoms with E-state index >= 15 is 0 Å². The summed E-state index contributed by atoms with van der Waals surface area (Å²) in [5.74, 6) is 0. The van der Waals surface area contributed by atoms with E-state index in [2.05, 4.69) is 4.98 Å². The Morgan fingerprint density at radius 2 is 1.90 bits per heavy atom. The van der Waals surface area contributed by atoms with E-state index in [0.29, 0.717) is 0 Å². The highest BCUT2D eigenvalue weighted by atomic mass is 35.5. The van der Waals surface area contributed by atoms with E-state index < -0.39 is 52.8 Å². The van der Waals surface area contributed by atoms with Crippen molar-refractivity contribution in [3.8, 4) is 0 Å². The fourth-order valence-corrected chi connectivity index (χ4v) is 3.90. The van der Waals surface area contributed by atoms with Crippen molar-refractivity contribution in [1.82, 2.24) is 13.9 Å². The molecule has 0 unspecified atom stereocenters. The van der Waals surface area contributed by atoms with Gasteiger partial charge in [0.25, 0.3) is 10.0 Å². The quantitative estimate of drug-likeness (QED) is 0.871. The summed E-state index contributed by atoms with van der Waals surface area (Å²) >= 11 is 5.81. The third-order valence-corrected chi connectivity index (χ3v) is 5.89. The SMILES string of the molecule is Cn1cnc(S(=O)(=O)N2CCC(O)(C(F)(F)F)CC2)c1Cl. The van der Waals surface area contributed by atoms with Gasteiger partial charge in [-0.2, -0.15) is 17.5 Å². The number of imidazole rings is 1. The lowest BCUT2D eigenvalue weighted by atomic mass is 9.92. The molecule has 0 aliphatic carbocycles. The van der Waals surface area contributed by atoms with Crippen LogP contribution in [0.1, 0.15) is 12.8 Å². The Labute approximate surface area is 124 Å². The van der Waals surface area contributed by atoms with Gasteiger partial charge in [-0.3, -0.25) is 0 Å². The second-order valence-electron chi connectivity index (χ2n) is 4.88. The van der Waals surface area contributed by atoms with Crippen molar-refractivity contribution in [3.63, 3.8) is 0 Å². The van der Waals surface area contributed by atoms with Crippen LogP contribution in [0.2, 0.25) is 5.15 Å². The second kappa shape index (κ2) is 5.11. The van der Waals surface area contributed by atoms with Crippen LogP contribution in [0.3, 0.4) is 0 Å². The molecular formula is C10H13ClF3N3O3S. The van der Waals surface area contributed by atoms with E-state index in [1.807, 2.05) is 0 Å². The van der Waals surface area contributed by atoms with Crippen molar-refractivity contribution in [2.75, 3.05) is 13.1 Å². The Morgan fingerprint density at radius 3 is 2.29 bits per heavy atom. The smallest absolute Gasteiger partial charge is 0.380 e. The molecule has 21 heavy (non-hydrogen) atoms. The molecule has 1 aromatic heterocycles. The number of aliphatic hydroxyl groups is 1. The molecule has 0 aromatic carbocycles. The van der Waals surface area contributed by atoms with Crippen LogP contribution in [0.25, 0.3) is 0 Å². The molecule has 1 saturated heterocycles. The fraction of sp³-hybridized carbons (Fsp3) is 0.700. The van der Waals surface area contributed by atoms with Crippen LogP contribution in [0, 0.1) is 0 Å². The molecule has 1 fully saturated rings. The number of hydrogen-bond acceptors (Lipinski definition) is 4. The topological polar surface area (TPSA) is 75.4 Å². The minimum atomic E-state index is -4.79.